The Hall–Kier alpha value is -1.78. The number of nitrogens with one attached hydrogen (secondary N) is 1. The second kappa shape index (κ2) is 3.95. The summed E-state index contributed by atoms with van der Waals surface area (Å²) in [6.45, 7) is 1.77. The van der Waals surface area contributed by atoms with E-state index in [1.165, 1.54) is 13.2 Å². The van der Waals surface area contributed by atoms with E-state index < -0.39 is 4.92 Å². The van der Waals surface area contributed by atoms with Crippen molar-refractivity contribution in [1.29, 1.82) is 0 Å². The van der Waals surface area contributed by atoms with Crippen LogP contribution in [0.2, 0.25) is 0 Å². The molecule has 0 saturated carbocycles. The van der Waals surface area contributed by atoms with Crippen LogP contribution in [0.1, 0.15) is 5.56 Å². The molecule has 0 aliphatic carbocycles. The summed E-state index contributed by atoms with van der Waals surface area (Å²) in [5.41, 5.74) is 1.27. The lowest BCUT2D eigenvalue weighted by Gasteiger charge is -2.07. The molecule has 0 amide bonds. The van der Waals surface area contributed by atoms with Crippen molar-refractivity contribution in [2.45, 2.75) is 6.92 Å². The van der Waals surface area contributed by atoms with Crippen molar-refractivity contribution >= 4 is 11.4 Å². The number of hydrogen-bond donors (Lipinski definition) is 1. The van der Waals surface area contributed by atoms with Crippen molar-refractivity contribution in [3.05, 3.63) is 27.8 Å². The molecule has 0 spiro atoms. The Morgan fingerprint density at radius 3 is 2.57 bits per heavy atom. The molecule has 0 unspecified atom stereocenters. The predicted molar refractivity (Wildman–Crippen MR) is 53.9 cm³/mol. The molecule has 14 heavy (non-hydrogen) atoms. The second-order valence-corrected chi connectivity index (χ2v) is 2.85. The van der Waals surface area contributed by atoms with Crippen molar-refractivity contribution in [3.63, 3.8) is 0 Å². The molecule has 1 rings (SSSR count). The zero-order valence-electron chi connectivity index (χ0n) is 8.33. The van der Waals surface area contributed by atoms with E-state index in [0.717, 1.165) is 5.56 Å². The average molecular weight is 196 g/mol. The minimum Gasteiger partial charge on any atom is -0.496 e. The molecule has 1 aromatic rings. The highest BCUT2D eigenvalue weighted by Gasteiger charge is 2.15. The number of hydrogen-bond acceptors (Lipinski definition) is 4. The van der Waals surface area contributed by atoms with Crippen molar-refractivity contribution in [1.82, 2.24) is 0 Å². The fourth-order valence-corrected chi connectivity index (χ4v) is 1.24. The van der Waals surface area contributed by atoms with Gasteiger partial charge in [-0.3, -0.25) is 10.1 Å². The first-order valence-electron chi connectivity index (χ1n) is 4.11. The first kappa shape index (κ1) is 10.3. The van der Waals surface area contributed by atoms with Crippen LogP contribution in [0.3, 0.4) is 0 Å². The van der Waals surface area contributed by atoms with Crippen LogP contribution in [0.5, 0.6) is 5.75 Å². The maximum absolute atomic E-state index is 10.7. The molecule has 0 heterocycles. The topological polar surface area (TPSA) is 64.4 Å². The van der Waals surface area contributed by atoms with Gasteiger partial charge in [0, 0.05) is 19.2 Å². The number of methoxy groups -OCH3 is 1. The first-order valence-corrected chi connectivity index (χ1v) is 4.11. The molecule has 0 fully saturated rings. The highest BCUT2D eigenvalue weighted by atomic mass is 16.6. The van der Waals surface area contributed by atoms with Gasteiger partial charge in [0.2, 0.25) is 0 Å². The number of anilines is 1. The van der Waals surface area contributed by atoms with Gasteiger partial charge in [-0.2, -0.15) is 0 Å². The van der Waals surface area contributed by atoms with E-state index in [9.17, 15) is 10.1 Å². The maximum Gasteiger partial charge on any atom is 0.292 e. The molecule has 0 saturated heterocycles. The number of nitro benzene ring substituents is 1. The first-order chi connectivity index (χ1) is 6.60. The molecule has 0 bridgehead atoms. The van der Waals surface area contributed by atoms with E-state index in [4.69, 9.17) is 4.74 Å². The highest BCUT2D eigenvalue weighted by molar-refractivity contribution is 5.66. The van der Waals surface area contributed by atoms with Gasteiger partial charge in [0.05, 0.1) is 12.0 Å². The lowest BCUT2D eigenvalue weighted by Crippen LogP contribution is -1.98. The fourth-order valence-electron chi connectivity index (χ4n) is 1.24. The van der Waals surface area contributed by atoms with Crippen molar-refractivity contribution in [2.24, 2.45) is 0 Å². The summed E-state index contributed by atoms with van der Waals surface area (Å²) in [4.78, 5) is 10.2. The maximum atomic E-state index is 10.7. The van der Waals surface area contributed by atoms with Crippen LogP contribution in [0.4, 0.5) is 11.4 Å². The average Bonchev–Trinajstić information content (AvgIpc) is 2.17. The molecule has 0 radical (unpaired) electrons. The third kappa shape index (κ3) is 1.76. The number of aryl methyl sites for hydroxylation is 1. The SMILES string of the molecule is CNc1cc(OC)c(C)cc1[N+](=O)[O-]. The van der Waals surface area contributed by atoms with E-state index in [1.807, 2.05) is 0 Å². The lowest BCUT2D eigenvalue weighted by atomic mass is 10.1. The van der Waals surface area contributed by atoms with Crippen molar-refractivity contribution in [3.8, 4) is 5.75 Å². The Bertz CT molecular complexity index is 363. The lowest BCUT2D eigenvalue weighted by molar-refractivity contribution is -0.384. The summed E-state index contributed by atoms with van der Waals surface area (Å²) in [6.07, 6.45) is 0. The Kier molecular flexibility index (Phi) is 2.91. The molecule has 0 aliphatic rings. The monoisotopic (exact) mass is 196 g/mol. The van der Waals surface area contributed by atoms with Gasteiger partial charge in [0.1, 0.15) is 11.4 Å². The van der Waals surface area contributed by atoms with Gasteiger partial charge >= 0.3 is 0 Å². The van der Waals surface area contributed by atoms with Gasteiger partial charge < -0.3 is 10.1 Å². The van der Waals surface area contributed by atoms with Crippen LogP contribution in [-0.4, -0.2) is 19.1 Å². The molecule has 5 nitrogen and oxygen atoms in total. The van der Waals surface area contributed by atoms with Gasteiger partial charge in [-0.05, 0) is 12.5 Å². The quantitative estimate of drug-likeness (QED) is 0.592. The van der Waals surface area contributed by atoms with Crippen molar-refractivity contribution in [2.75, 3.05) is 19.5 Å². The Morgan fingerprint density at radius 1 is 1.50 bits per heavy atom. The van der Waals surface area contributed by atoms with Gasteiger partial charge in [0.25, 0.3) is 5.69 Å². The van der Waals surface area contributed by atoms with Crippen LogP contribution >= 0.6 is 0 Å². The van der Waals surface area contributed by atoms with E-state index in [-0.39, 0.29) is 5.69 Å². The van der Waals surface area contributed by atoms with Crippen molar-refractivity contribution < 1.29 is 9.66 Å². The standard InChI is InChI=1S/C9H12N2O3/c1-6-4-8(11(12)13)7(10-2)5-9(6)14-3/h4-5,10H,1-3H3. The van der Waals surface area contributed by atoms with Crippen LogP contribution in [0.15, 0.2) is 12.1 Å². The number of nitro groups is 1. The second-order valence-electron chi connectivity index (χ2n) is 2.85. The molecule has 1 aromatic carbocycles. The molecule has 1 N–H and O–H groups in total. The minimum atomic E-state index is -0.418. The van der Waals surface area contributed by atoms with E-state index >= 15 is 0 Å². The molecule has 0 atom stereocenters. The van der Waals surface area contributed by atoms with Gasteiger partial charge in [-0.15, -0.1) is 0 Å². The molecular formula is C9H12N2O3. The summed E-state index contributed by atoms with van der Waals surface area (Å²) in [7, 11) is 3.17. The predicted octanol–water partition coefficient (Wildman–Crippen LogP) is 1.95. The Balaban J connectivity index is 3.31. The number of rotatable bonds is 3. The third-order valence-corrected chi connectivity index (χ3v) is 1.98. The van der Waals surface area contributed by atoms with E-state index in [0.29, 0.717) is 11.4 Å². The zero-order chi connectivity index (χ0) is 10.7. The molecule has 0 aromatic heterocycles. The van der Waals surface area contributed by atoms with Gasteiger partial charge in [0.15, 0.2) is 0 Å². The molecule has 76 valence electrons. The van der Waals surface area contributed by atoms with Crippen LogP contribution in [0, 0.1) is 17.0 Å². The summed E-state index contributed by atoms with van der Waals surface area (Å²) in [5, 5.41) is 13.4. The van der Waals surface area contributed by atoms with Gasteiger partial charge in [-0.25, -0.2) is 0 Å². The summed E-state index contributed by atoms with van der Waals surface area (Å²) in [6, 6.07) is 3.11. The number of nitrogens with zero attached hydrogens (tertiary/aromatic N) is 1. The minimum absolute atomic E-state index is 0.0609. The molecule has 5 heteroatoms. The van der Waals surface area contributed by atoms with E-state index in [2.05, 4.69) is 5.32 Å². The van der Waals surface area contributed by atoms with Crippen LogP contribution in [0.25, 0.3) is 0 Å². The normalized spacial score (nSPS) is 9.64. The Morgan fingerprint density at radius 2 is 2.14 bits per heavy atom. The number of benzene rings is 1. The third-order valence-electron chi connectivity index (χ3n) is 1.98. The van der Waals surface area contributed by atoms with Crippen LogP contribution in [-0.2, 0) is 0 Å². The van der Waals surface area contributed by atoms with Gasteiger partial charge in [-0.1, -0.05) is 0 Å². The summed E-state index contributed by atoms with van der Waals surface area (Å²) < 4.78 is 5.06. The largest absolute Gasteiger partial charge is 0.496 e. The highest BCUT2D eigenvalue weighted by Crippen LogP contribution is 2.31. The zero-order valence-corrected chi connectivity index (χ0v) is 8.33. The smallest absolute Gasteiger partial charge is 0.292 e. The number of ether oxygens (including phenoxy) is 1. The molecule has 0 aliphatic heterocycles. The summed E-state index contributed by atoms with van der Waals surface area (Å²) >= 11 is 0. The van der Waals surface area contributed by atoms with Crippen LogP contribution < -0.4 is 10.1 Å². The fraction of sp³-hybridized carbons (Fsp3) is 0.333. The summed E-state index contributed by atoms with van der Waals surface area (Å²) in [5.74, 6) is 0.639. The Labute approximate surface area is 81.8 Å². The van der Waals surface area contributed by atoms with E-state index in [1.54, 1.807) is 20.0 Å². The molecular weight excluding hydrogens is 184 g/mol.